The van der Waals surface area contributed by atoms with Crippen LogP contribution in [0.3, 0.4) is 0 Å². The van der Waals surface area contributed by atoms with Gasteiger partial charge in [-0.25, -0.2) is 0 Å². The topological polar surface area (TPSA) is 46.2 Å². The fourth-order valence-electron chi connectivity index (χ4n) is 5.64. The molecule has 0 N–H and O–H groups in total. The van der Waals surface area contributed by atoms with Crippen LogP contribution < -0.4 is 29.3 Å². The Balaban J connectivity index is 1.49. The fourth-order valence-corrected chi connectivity index (χ4v) is 10.6. The van der Waals surface area contributed by atoms with Crippen molar-refractivity contribution in [3.8, 4) is 23.0 Å². The summed E-state index contributed by atoms with van der Waals surface area (Å²) < 4.78 is 31.5. The zero-order chi connectivity index (χ0) is 32.6. The van der Waals surface area contributed by atoms with E-state index in [4.69, 9.17) is 23.4 Å². The van der Waals surface area contributed by atoms with Gasteiger partial charge in [0.25, 0.3) is 8.32 Å². The summed E-state index contributed by atoms with van der Waals surface area (Å²) in [5.74, 6) is 2.98. The molecule has 5 rings (SSSR count). The largest absolute Gasteiger partial charge is 0.497 e. The van der Waals surface area contributed by atoms with Gasteiger partial charge in [0.2, 0.25) is 0 Å². The summed E-state index contributed by atoms with van der Waals surface area (Å²) in [5, 5.41) is 2.32. The van der Waals surface area contributed by atoms with Gasteiger partial charge in [0.05, 0.1) is 20.8 Å². The molecular formula is C39H41BrO5Si. The zero-order valence-electron chi connectivity index (χ0n) is 27.1. The lowest BCUT2D eigenvalue weighted by Gasteiger charge is -2.43. The van der Waals surface area contributed by atoms with Crippen LogP contribution in [0.1, 0.15) is 37.5 Å². The fraction of sp³-hybridized carbons (Fsp3) is 0.231. The molecule has 0 aliphatic carbocycles. The van der Waals surface area contributed by atoms with Crippen LogP contribution in [-0.4, -0.2) is 22.5 Å². The molecule has 0 aliphatic rings. The Morgan fingerprint density at radius 2 is 0.957 bits per heavy atom. The molecule has 5 nitrogen and oxygen atoms in total. The van der Waals surface area contributed by atoms with Crippen LogP contribution in [0, 0.1) is 0 Å². The third-order valence-corrected chi connectivity index (χ3v) is 13.8. The highest BCUT2D eigenvalue weighted by Gasteiger charge is 2.50. The predicted octanol–water partition coefficient (Wildman–Crippen LogP) is 8.70. The second-order valence-corrected chi connectivity index (χ2v) is 17.2. The average Bonchev–Trinajstić information content (AvgIpc) is 3.08. The van der Waals surface area contributed by atoms with Gasteiger partial charge in [0.15, 0.2) is 0 Å². The van der Waals surface area contributed by atoms with Gasteiger partial charge in [-0.05, 0) is 84.4 Å². The van der Waals surface area contributed by atoms with E-state index in [1.165, 1.54) is 10.4 Å². The van der Waals surface area contributed by atoms with Gasteiger partial charge in [-0.15, -0.1) is 0 Å². The lowest BCUT2D eigenvalue weighted by molar-refractivity contribution is 0.272. The molecule has 46 heavy (non-hydrogen) atoms. The van der Waals surface area contributed by atoms with Crippen molar-refractivity contribution in [3.05, 3.63) is 142 Å². The van der Waals surface area contributed by atoms with Crippen LogP contribution in [0.15, 0.2) is 126 Å². The average molecular weight is 698 g/mol. The van der Waals surface area contributed by atoms with Crippen molar-refractivity contribution in [2.24, 2.45) is 0 Å². The van der Waals surface area contributed by atoms with Crippen molar-refractivity contribution in [2.45, 2.75) is 45.6 Å². The molecule has 0 atom stereocenters. The highest BCUT2D eigenvalue weighted by Crippen LogP contribution is 2.40. The zero-order valence-corrected chi connectivity index (χ0v) is 29.7. The number of ether oxygens (including phenoxy) is 4. The van der Waals surface area contributed by atoms with E-state index in [1.54, 1.807) is 14.2 Å². The van der Waals surface area contributed by atoms with Crippen molar-refractivity contribution in [2.75, 3.05) is 14.2 Å². The van der Waals surface area contributed by atoms with E-state index in [9.17, 15) is 0 Å². The molecule has 0 aromatic heterocycles. The van der Waals surface area contributed by atoms with E-state index in [2.05, 4.69) is 97.4 Å². The van der Waals surface area contributed by atoms with E-state index in [1.807, 2.05) is 60.7 Å². The van der Waals surface area contributed by atoms with Crippen molar-refractivity contribution >= 4 is 34.6 Å². The molecule has 0 fully saturated rings. The summed E-state index contributed by atoms with van der Waals surface area (Å²) in [6, 6.07) is 41.2. The predicted molar refractivity (Wildman–Crippen MR) is 191 cm³/mol. The quantitative estimate of drug-likeness (QED) is 0.115. The van der Waals surface area contributed by atoms with E-state index in [0.29, 0.717) is 31.3 Å². The second-order valence-electron chi connectivity index (χ2n) is 12.1. The Morgan fingerprint density at radius 1 is 0.543 bits per heavy atom. The van der Waals surface area contributed by atoms with Gasteiger partial charge >= 0.3 is 0 Å². The van der Waals surface area contributed by atoms with Gasteiger partial charge in [0, 0.05) is 0 Å². The van der Waals surface area contributed by atoms with Crippen LogP contribution in [0.25, 0.3) is 0 Å². The molecule has 0 bridgehead atoms. The minimum atomic E-state index is -2.76. The van der Waals surface area contributed by atoms with Crippen LogP contribution >= 0.6 is 15.9 Å². The minimum absolute atomic E-state index is 0.146. The normalized spacial score (nSPS) is 11.6. The second kappa shape index (κ2) is 15.0. The summed E-state index contributed by atoms with van der Waals surface area (Å²) in [6.45, 7) is 8.02. The maximum absolute atomic E-state index is 7.26. The summed E-state index contributed by atoms with van der Waals surface area (Å²) in [7, 11) is 0.568. The first-order valence-corrected chi connectivity index (χ1v) is 18.0. The van der Waals surface area contributed by atoms with Gasteiger partial charge in [-0.2, -0.15) is 0 Å². The molecule has 7 heteroatoms. The lowest BCUT2D eigenvalue weighted by atomic mass is 10.2. The molecule has 5 aromatic rings. The number of benzene rings is 5. The molecule has 0 aliphatic heterocycles. The lowest BCUT2D eigenvalue weighted by Crippen LogP contribution is -2.66. The van der Waals surface area contributed by atoms with Crippen LogP contribution in [0.4, 0.5) is 0 Å². The summed E-state index contributed by atoms with van der Waals surface area (Å²) in [4.78, 5) is 0. The third kappa shape index (κ3) is 7.66. The first-order chi connectivity index (χ1) is 22.2. The highest BCUT2D eigenvalue weighted by atomic mass is 79.9. The molecule has 0 saturated heterocycles. The smallest absolute Gasteiger partial charge is 0.261 e. The summed E-state index contributed by atoms with van der Waals surface area (Å²) in [5.41, 5.74) is 3.02. The van der Waals surface area contributed by atoms with Gasteiger partial charge in [-0.1, -0.05) is 106 Å². The molecule has 0 saturated carbocycles. The standard InChI is InChI=1S/C39H41BrO5Si/c1-39(2,3)46(34-12-8-6-9-13-34,35-14-10-7-11-15-35)45-28-31-24-36(43-26-29-16-20-32(41-4)21-17-29)38(40)37(25-31)44-27-30-18-22-33(42-5)23-19-30/h6-25H,26-28H2,1-5H3. The first kappa shape index (κ1) is 33.3. The number of rotatable bonds is 13. The highest BCUT2D eigenvalue weighted by molar-refractivity contribution is 9.10. The number of hydrogen-bond donors (Lipinski definition) is 0. The van der Waals surface area contributed by atoms with Crippen molar-refractivity contribution < 1.29 is 23.4 Å². The van der Waals surface area contributed by atoms with Crippen LogP contribution in [0.5, 0.6) is 23.0 Å². The molecule has 0 heterocycles. The molecule has 5 aromatic carbocycles. The Morgan fingerprint density at radius 3 is 1.33 bits per heavy atom. The first-order valence-electron chi connectivity index (χ1n) is 15.3. The summed E-state index contributed by atoms with van der Waals surface area (Å²) >= 11 is 3.78. The Hall–Kier alpha value is -4.04. The van der Waals surface area contributed by atoms with E-state index in [-0.39, 0.29) is 5.04 Å². The Kier molecular flexibility index (Phi) is 10.9. The third-order valence-electron chi connectivity index (χ3n) is 8.04. The molecule has 0 amide bonds. The maximum Gasteiger partial charge on any atom is 0.261 e. The number of methoxy groups -OCH3 is 2. The Labute approximate surface area is 282 Å². The van der Waals surface area contributed by atoms with E-state index in [0.717, 1.165) is 32.7 Å². The van der Waals surface area contributed by atoms with Crippen molar-refractivity contribution in [3.63, 3.8) is 0 Å². The number of halogens is 1. The van der Waals surface area contributed by atoms with Gasteiger partial charge in [0.1, 0.15) is 40.7 Å². The SMILES string of the molecule is COc1ccc(COc2cc(CO[Si](c3ccccc3)(c3ccccc3)C(C)(C)C)cc(OCc3ccc(OC)cc3)c2Br)cc1. The molecule has 0 radical (unpaired) electrons. The minimum Gasteiger partial charge on any atom is -0.497 e. The Bertz CT molecular complexity index is 1570. The summed E-state index contributed by atoms with van der Waals surface area (Å²) in [6.07, 6.45) is 0. The van der Waals surface area contributed by atoms with Gasteiger partial charge < -0.3 is 23.4 Å². The molecular weight excluding hydrogens is 656 g/mol. The van der Waals surface area contributed by atoms with Gasteiger partial charge in [-0.3, -0.25) is 0 Å². The monoisotopic (exact) mass is 696 g/mol. The molecule has 238 valence electrons. The molecule has 0 spiro atoms. The van der Waals surface area contributed by atoms with Crippen LogP contribution in [-0.2, 0) is 24.2 Å². The van der Waals surface area contributed by atoms with E-state index < -0.39 is 8.32 Å². The maximum atomic E-state index is 7.26. The van der Waals surface area contributed by atoms with E-state index >= 15 is 0 Å². The molecule has 0 unspecified atom stereocenters. The van der Waals surface area contributed by atoms with Crippen molar-refractivity contribution in [1.29, 1.82) is 0 Å². The van der Waals surface area contributed by atoms with Crippen molar-refractivity contribution in [1.82, 2.24) is 0 Å². The number of hydrogen-bond acceptors (Lipinski definition) is 5. The van der Waals surface area contributed by atoms with Crippen LogP contribution in [0.2, 0.25) is 5.04 Å².